The van der Waals surface area contributed by atoms with E-state index in [1.807, 2.05) is 12.1 Å². The molecule has 116 valence electrons. The van der Waals surface area contributed by atoms with E-state index in [1.54, 1.807) is 0 Å². The zero-order chi connectivity index (χ0) is 15.6. The highest BCUT2D eigenvalue weighted by Crippen LogP contribution is 2.24. The fraction of sp³-hybridized carbons (Fsp3) is 0.588. The molecule has 0 saturated heterocycles. The Hall–Kier alpha value is -1.06. The number of fused-ring (bicyclic) bond motifs is 1. The number of halogens is 1. The Morgan fingerprint density at radius 2 is 2.05 bits per heavy atom. The molecule has 0 radical (unpaired) electrons. The van der Waals surface area contributed by atoms with E-state index in [1.165, 1.54) is 0 Å². The van der Waals surface area contributed by atoms with Crippen LogP contribution in [0.3, 0.4) is 0 Å². The molecule has 1 aromatic heterocycles. The van der Waals surface area contributed by atoms with Crippen molar-refractivity contribution in [2.24, 2.45) is 11.1 Å². The Morgan fingerprint density at radius 3 is 2.67 bits per heavy atom. The molecule has 4 heteroatoms. The third-order valence-corrected chi connectivity index (χ3v) is 3.79. The van der Waals surface area contributed by atoms with Crippen LogP contribution in [0.2, 0.25) is 5.02 Å². The van der Waals surface area contributed by atoms with Crippen molar-refractivity contribution >= 4 is 22.6 Å². The van der Waals surface area contributed by atoms with E-state index in [-0.39, 0.29) is 11.5 Å². The van der Waals surface area contributed by atoms with Gasteiger partial charge in [0.1, 0.15) is 5.82 Å². The number of nitrogens with two attached hydrogens (primary N) is 1. The first-order valence-electron chi connectivity index (χ1n) is 7.70. The van der Waals surface area contributed by atoms with Crippen molar-refractivity contribution in [2.75, 3.05) is 0 Å². The summed E-state index contributed by atoms with van der Waals surface area (Å²) in [5.74, 6) is 1.07. The summed E-state index contributed by atoms with van der Waals surface area (Å²) in [7, 11) is 0. The van der Waals surface area contributed by atoms with Crippen molar-refractivity contribution in [3.8, 4) is 0 Å². The maximum atomic E-state index is 6.33. The van der Waals surface area contributed by atoms with Gasteiger partial charge in [0.2, 0.25) is 0 Å². The van der Waals surface area contributed by atoms with Crippen LogP contribution in [0.4, 0.5) is 0 Å². The van der Waals surface area contributed by atoms with E-state index in [2.05, 4.69) is 38.3 Å². The Balaban J connectivity index is 2.31. The molecule has 1 unspecified atom stereocenters. The normalized spacial score (nSPS) is 13.8. The van der Waals surface area contributed by atoms with E-state index in [0.29, 0.717) is 0 Å². The van der Waals surface area contributed by atoms with Gasteiger partial charge < -0.3 is 10.3 Å². The molecule has 1 aromatic carbocycles. The van der Waals surface area contributed by atoms with E-state index >= 15 is 0 Å². The topological polar surface area (TPSA) is 43.8 Å². The first kappa shape index (κ1) is 16.3. The third kappa shape index (κ3) is 4.21. The molecule has 2 rings (SSSR count). The van der Waals surface area contributed by atoms with Crippen LogP contribution >= 0.6 is 11.6 Å². The molecule has 2 aromatic rings. The van der Waals surface area contributed by atoms with Crippen LogP contribution in [0.25, 0.3) is 11.0 Å². The summed E-state index contributed by atoms with van der Waals surface area (Å²) < 4.78 is 2.29. The van der Waals surface area contributed by atoms with Gasteiger partial charge in [-0.05, 0) is 36.5 Å². The van der Waals surface area contributed by atoms with Crippen LogP contribution in [0.1, 0.15) is 46.4 Å². The average molecular weight is 308 g/mol. The second kappa shape index (κ2) is 6.37. The fourth-order valence-electron chi connectivity index (χ4n) is 2.88. The Kier molecular flexibility index (Phi) is 4.95. The van der Waals surface area contributed by atoms with Crippen LogP contribution in [0.5, 0.6) is 0 Å². The van der Waals surface area contributed by atoms with Gasteiger partial charge in [-0.3, -0.25) is 0 Å². The molecule has 0 saturated carbocycles. The molecule has 0 aliphatic carbocycles. The van der Waals surface area contributed by atoms with Gasteiger partial charge in [-0.25, -0.2) is 4.98 Å². The summed E-state index contributed by atoms with van der Waals surface area (Å²) in [6, 6.07) is 6.05. The molecule has 0 fully saturated rings. The van der Waals surface area contributed by atoms with Crippen LogP contribution < -0.4 is 5.73 Å². The van der Waals surface area contributed by atoms with Gasteiger partial charge in [-0.15, -0.1) is 0 Å². The number of hydrogen-bond donors (Lipinski definition) is 1. The monoisotopic (exact) mass is 307 g/mol. The third-order valence-electron chi connectivity index (χ3n) is 3.56. The average Bonchev–Trinajstić information content (AvgIpc) is 2.64. The lowest BCUT2D eigenvalue weighted by molar-refractivity contribution is 0.335. The van der Waals surface area contributed by atoms with Gasteiger partial charge in [0.25, 0.3) is 0 Å². The van der Waals surface area contributed by atoms with Crippen molar-refractivity contribution < 1.29 is 0 Å². The van der Waals surface area contributed by atoms with Crippen molar-refractivity contribution in [2.45, 2.75) is 59.5 Å². The highest BCUT2D eigenvalue weighted by atomic mass is 35.5. The quantitative estimate of drug-likeness (QED) is 0.889. The Bertz CT molecular complexity index is 610. The molecule has 0 aliphatic rings. The van der Waals surface area contributed by atoms with E-state index in [4.69, 9.17) is 22.3 Å². The molecule has 3 nitrogen and oxygen atoms in total. The largest absolute Gasteiger partial charge is 0.328 e. The summed E-state index contributed by atoms with van der Waals surface area (Å²) >= 11 is 6.08. The van der Waals surface area contributed by atoms with Gasteiger partial charge in [-0.1, -0.05) is 39.3 Å². The lowest BCUT2D eigenvalue weighted by atomic mass is 9.87. The molecular formula is C17H26ClN3. The second-order valence-corrected chi connectivity index (χ2v) is 7.48. The van der Waals surface area contributed by atoms with Gasteiger partial charge in [-0.2, -0.15) is 0 Å². The van der Waals surface area contributed by atoms with Gasteiger partial charge in [0, 0.05) is 24.0 Å². The number of nitrogens with zero attached hydrogens (tertiary/aromatic N) is 2. The molecule has 0 spiro atoms. The van der Waals surface area contributed by atoms with Gasteiger partial charge >= 0.3 is 0 Å². The zero-order valence-corrected chi connectivity index (χ0v) is 14.2. The van der Waals surface area contributed by atoms with Crippen LogP contribution in [0.15, 0.2) is 18.2 Å². The minimum absolute atomic E-state index is 0.132. The standard InChI is InChI=1S/C17H26ClN3/c1-5-8-21-15-7-6-12(18)9-14(15)20-16(21)10-13(19)11-17(2,3)4/h6-7,9,13H,5,8,10-11,19H2,1-4H3. The number of aromatic nitrogens is 2. The summed E-state index contributed by atoms with van der Waals surface area (Å²) in [5, 5.41) is 0.731. The number of hydrogen-bond acceptors (Lipinski definition) is 2. The van der Waals surface area contributed by atoms with Crippen LogP contribution in [0, 0.1) is 5.41 Å². The lowest BCUT2D eigenvalue weighted by Crippen LogP contribution is -2.29. The zero-order valence-electron chi connectivity index (χ0n) is 13.5. The summed E-state index contributed by atoms with van der Waals surface area (Å²) in [6.07, 6.45) is 2.88. The Morgan fingerprint density at radius 1 is 1.33 bits per heavy atom. The molecule has 0 bridgehead atoms. The SMILES string of the molecule is CCCn1c(CC(N)CC(C)(C)C)nc2cc(Cl)ccc21. The Labute approximate surface area is 132 Å². The lowest BCUT2D eigenvalue weighted by Gasteiger charge is -2.23. The van der Waals surface area contributed by atoms with Gasteiger partial charge in [0.05, 0.1) is 11.0 Å². The maximum Gasteiger partial charge on any atom is 0.111 e. The molecule has 21 heavy (non-hydrogen) atoms. The first-order chi connectivity index (χ1) is 9.80. The number of benzene rings is 1. The van der Waals surface area contributed by atoms with Crippen molar-refractivity contribution in [3.63, 3.8) is 0 Å². The molecule has 1 atom stereocenters. The highest BCUT2D eigenvalue weighted by Gasteiger charge is 2.19. The maximum absolute atomic E-state index is 6.33. The summed E-state index contributed by atoms with van der Waals surface area (Å²) in [4.78, 5) is 4.76. The van der Waals surface area contributed by atoms with Crippen LogP contribution in [-0.2, 0) is 13.0 Å². The smallest absolute Gasteiger partial charge is 0.111 e. The van der Waals surface area contributed by atoms with Gasteiger partial charge in [0.15, 0.2) is 0 Å². The number of imidazole rings is 1. The minimum Gasteiger partial charge on any atom is -0.328 e. The fourth-order valence-corrected chi connectivity index (χ4v) is 3.04. The minimum atomic E-state index is 0.132. The van der Waals surface area contributed by atoms with Crippen molar-refractivity contribution in [1.82, 2.24) is 9.55 Å². The van der Waals surface area contributed by atoms with Crippen molar-refractivity contribution in [3.05, 3.63) is 29.0 Å². The molecule has 0 aliphatic heterocycles. The predicted molar refractivity (Wildman–Crippen MR) is 90.8 cm³/mol. The molecule has 1 heterocycles. The second-order valence-electron chi connectivity index (χ2n) is 7.04. The first-order valence-corrected chi connectivity index (χ1v) is 8.08. The highest BCUT2D eigenvalue weighted by molar-refractivity contribution is 6.31. The van der Waals surface area contributed by atoms with E-state index in [9.17, 15) is 0 Å². The molecular weight excluding hydrogens is 282 g/mol. The number of aryl methyl sites for hydroxylation is 1. The molecule has 0 amide bonds. The van der Waals surface area contributed by atoms with Crippen molar-refractivity contribution in [1.29, 1.82) is 0 Å². The van der Waals surface area contributed by atoms with E-state index in [0.717, 1.165) is 47.7 Å². The number of rotatable bonds is 5. The summed E-state index contributed by atoms with van der Waals surface area (Å²) in [5.41, 5.74) is 8.69. The summed E-state index contributed by atoms with van der Waals surface area (Å²) in [6.45, 7) is 9.82. The van der Waals surface area contributed by atoms with E-state index < -0.39 is 0 Å². The van der Waals surface area contributed by atoms with Crippen LogP contribution in [-0.4, -0.2) is 15.6 Å². The molecule has 2 N–H and O–H groups in total. The predicted octanol–water partition coefficient (Wildman–Crippen LogP) is 4.41.